The molecule has 1 atom stereocenters. The van der Waals surface area contributed by atoms with Gasteiger partial charge in [0.1, 0.15) is 5.75 Å². The predicted molar refractivity (Wildman–Crippen MR) is 78.4 cm³/mol. The Kier molecular flexibility index (Phi) is 5.64. The van der Waals surface area contributed by atoms with Crippen LogP contribution in [0, 0.1) is 5.92 Å². The number of hydrogen-bond donors (Lipinski definition) is 1. The Morgan fingerprint density at radius 3 is 2.79 bits per heavy atom. The molecule has 1 aromatic rings. The van der Waals surface area contributed by atoms with Crippen LogP contribution in [0.15, 0.2) is 18.5 Å². The highest BCUT2D eigenvalue weighted by molar-refractivity contribution is 5.26. The van der Waals surface area contributed by atoms with E-state index in [4.69, 9.17) is 4.74 Å². The van der Waals surface area contributed by atoms with Crippen molar-refractivity contribution in [2.75, 3.05) is 13.2 Å². The highest BCUT2D eigenvalue weighted by atomic mass is 16.5. The molecule has 19 heavy (non-hydrogen) atoms. The monoisotopic (exact) mass is 262 g/mol. The zero-order valence-corrected chi connectivity index (χ0v) is 12.2. The van der Waals surface area contributed by atoms with Crippen molar-refractivity contribution in [3.8, 4) is 5.75 Å². The lowest BCUT2D eigenvalue weighted by atomic mass is 9.92. The summed E-state index contributed by atoms with van der Waals surface area (Å²) in [7, 11) is 0. The smallest absolute Gasteiger partial charge is 0.137 e. The molecule has 0 amide bonds. The number of hydrogen-bond acceptors (Lipinski definition) is 3. The second kappa shape index (κ2) is 7.49. The first-order chi connectivity index (χ1) is 9.35. The number of pyridine rings is 1. The van der Waals surface area contributed by atoms with Crippen LogP contribution in [0.25, 0.3) is 0 Å². The lowest BCUT2D eigenvalue weighted by molar-refractivity contribution is 0.333. The van der Waals surface area contributed by atoms with Crippen LogP contribution in [0.5, 0.6) is 5.75 Å². The van der Waals surface area contributed by atoms with Crippen molar-refractivity contribution in [1.82, 2.24) is 10.3 Å². The minimum absolute atomic E-state index is 0.440. The summed E-state index contributed by atoms with van der Waals surface area (Å²) >= 11 is 0. The van der Waals surface area contributed by atoms with Gasteiger partial charge in [0.05, 0.1) is 12.8 Å². The van der Waals surface area contributed by atoms with Crippen molar-refractivity contribution in [3.63, 3.8) is 0 Å². The summed E-state index contributed by atoms with van der Waals surface area (Å²) in [6, 6.07) is 2.60. The van der Waals surface area contributed by atoms with E-state index >= 15 is 0 Å². The summed E-state index contributed by atoms with van der Waals surface area (Å²) in [5.41, 5.74) is 1.28. The van der Waals surface area contributed by atoms with Gasteiger partial charge in [0.25, 0.3) is 0 Å². The van der Waals surface area contributed by atoms with Crippen LogP contribution < -0.4 is 10.1 Å². The maximum atomic E-state index is 5.57. The van der Waals surface area contributed by atoms with E-state index in [9.17, 15) is 0 Å². The van der Waals surface area contributed by atoms with Crippen LogP contribution in [0.2, 0.25) is 0 Å². The zero-order chi connectivity index (χ0) is 13.5. The van der Waals surface area contributed by atoms with Gasteiger partial charge in [-0.2, -0.15) is 0 Å². The molecule has 0 radical (unpaired) electrons. The van der Waals surface area contributed by atoms with Gasteiger partial charge in [-0.3, -0.25) is 4.98 Å². The van der Waals surface area contributed by atoms with Crippen LogP contribution >= 0.6 is 0 Å². The van der Waals surface area contributed by atoms with E-state index in [0.29, 0.717) is 12.6 Å². The predicted octanol–water partition coefficient (Wildman–Crippen LogP) is 3.71. The third-order valence-electron chi connectivity index (χ3n) is 3.89. The van der Waals surface area contributed by atoms with Gasteiger partial charge in [-0.25, -0.2) is 0 Å². The van der Waals surface area contributed by atoms with Gasteiger partial charge in [0.2, 0.25) is 0 Å². The quantitative estimate of drug-likeness (QED) is 0.813. The van der Waals surface area contributed by atoms with E-state index in [1.54, 1.807) is 6.20 Å². The number of nitrogens with one attached hydrogen (secondary N) is 1. The van der Waals surface area contributed by atoms with Gasteiger partial charge < -0.3 is 10.1 Å². The standard InChI is InChI=1S/C16H26N2O/c1-3-9-18-16(13-7-5-6-8-13)14-10-15(19-4-2)12-17-11-14/h10-13,16,18H,3-9H2,1-2H3. The van der Waals surface area contributed by atoms with Gasteiger partial charge >= 0.3 is 0 Å². The number of rotatable bonds is 7. The fraction of sp³-hybridized carbons (Fsp3) is 0.688. The molecule has 1 saturated carbocycles. The number of aromatic nitrogens is 1. The first kappa shape index (κ1) is 14.3. The Bertz CT molecular complexity index is 375. The van der Waals surface area contributed by atoms with E-state index in [2.05, 4.69) is 23.3 Å². The van der Waals surface area contributed by atoms with Crippen molar-refractivity contribution >= 4 is 0 Å². The minimum Gasteiger partial charge on any atom is -0.492 e. The lowest BCUT2D eigenvalue weighted by Crippen LogP contribution is -2.28. The average Bonchev–Trinajstić information content (AvgIpc) is 2.94. The average molecular weight is 262 g/mol. The Hall–Kier alpha value is -1.09. The van der Waals surface area contributed by atoms with Crippen LogP contribution in [0.1, 0.15) is 57.6 Å². The summed E-state index contributed by atoms with van der Waals surface area (Å²) < 4.78 is 5.57. The Balaban J connectivity index is 2.13. The molecular weight excluding hydrogens is 236 g/mol. The van der Waals surface area contributed by atoms with Crippen molar-refractivity contribution in [1.29, 1.82) is 0 Å². The van der Waals surface area contributed by atoms with Crippen molar-refractivity contribution in [3.05, 3.63) is 24.0 Å². The SMILES string of the molecule is CCCNC(c1cncc(OCC)c1)C1CCCC1. The molecule has 0 bridgehead atoms. The van der Waals surface area contributed by atoms with Gasteiger partial charge in [-0.05, 0) is 50.3 Å². The highest BCUT2D eigenvalue weighted by Gasteiger charge is 2.26. The van der Waals surface area contributed by atoms with Crippen LogP contribution in [0.4, 0.5) is 0 Å². The molecule has 106 valence electrons. The summed E-state index contributed by atoms with van der Waals surface area (Å²) in [4.78, 5) is 4.34. The summed E-state index contributed by atoms with van der Waals surface area (Å²) in [6.45, 7) is 5.99. The molecule has 1 fully saturated rings. The normalized spacial score (nSPS) is 17.6. The summed E-state index contributed by atoms with van der Waals surface area (Å²) in [6.07, 6.45) is 10.4. The molecule has 0 aliphatic heterocycles. The third-order valence-corrected chi connectivity index (χ3v) is 3.89. The van der Waals surface area contributed by atoms with E-state index in [1.165, 1.54) is 37.7 Å². The molecule has 1 aliphatic carbocycles. The Morgan fingerprint density at radius 2 is 2.11 bits per heavy atom. The van der Waals surface area contributed by atoms with Crippen LogP contribution in [-0.2, 0) is 0 Å². The van der Waals surface area contributed by atoms with Gasteiger partial charge in [-0.15, -0.1) is 0 Å². The fourth-order valence-electron chi connectivity index (χ4n) is 3.00. The summed E-state index contributed by atoms with van der Waals surface area (Å²) in [5.74, 6) is 1.64. The van der Waals surface area contributed by atoms with Crippen molar-refractivity contribution < 1.29 is 4.74 Å². The molecule has 0 aromatic carbocycles. The van der Waals surface area contributed by atoms with E-state index in [-0.39, 0.29) is 0 Å². The van der Waals surface area contributed by atoms with Gasteiger partial charge in [-0.1, -0.05) is 19.8 Å². The maximum absolute atomic E-state index is 5.57. The molecule has 3 heteroatoms. The molecule has 1 aromatic heterocycles. The molecule has 2 rings (SSSR count). The first-order valence-electron chi connectivity index (χ1n) is 7.66. The van der Waals surface area contributed by atoms with Crippen molar-refractivity contribution in [2.45, 2.75) is 52.0 Å². The minimum atomic E-state index is 0.440. The molecule has 3 nitrogen and oxygen atoms in total. The van der Waals surface area contributed by atoms with Gasteiger partial charge in [0, 0.05) is 12.2 Å². The van der Waals surface area contributed by atoms with Crippen LogP contribution in [-0.4, -0.2) is 18.1 Å². The van der Waals surface area contributed by atoms with E-state index < -0.39 is 0 Å². The van der Waals surface area contributed by atoms with Gasteiger partial charge in [0.15, 0.2) is 0 Å². The molecule has 0 saturated heterocycles. The fourth-order valence-corrected chi connectivity index (χ4v) is 3.00. The summed E-state index contributed by atoms with van der Waals surface area (Å²) in [5, 5.41) is 3.70. The zero-order valence-electron chi connectivity index (χ0n) is 12.2. The Labute approximate surface area is 116 Å². The molecule has 1 unspecified atom stereocenters. The second-order valence-electron chi connectivity index (χ2n) is 5.36. The number of ether oxygens (including phenoxy) is 1. The topological polar surface area (TPSA) is 34.2 Å². The maximum Gasteiger partial charge on any atom is 0.137 e. The largest absolute Gasteiger partial charge is 0.492 e. The number of nitrogens with zero attached hydrogens (tertiary/aromatic N) is 1. The molecular formula is C16H26N2O. The first-order valence-corrected chi connectivity index (χ1v) is 7.66. The highest BCUT2D eigenvalue weighted by Crippen LogP contribution is 2.36. The second-order valence-corrected chi connectivity index (χ2v) is 5.36. The van der Waals surface area contributed by atoms with E-state index in [0.717, 1.165) is 18.2 Å². The lowest BCUT2D eigenvalue weighted by Gasteiger charge is -2.25. The van der Waals surface area contributed by atoms with E-state index in [1.807, 2.05) is 13.1 Å². The molecule has 1 aliphatic rings. The van der Waals surface area contributed by atoms with Crippen LogP contribution in [0.3, 0.4) is 0 Å². The molecule has 0 spiro atoms. The molecule has 1 N–H and O–H groups in total. The molecule has 1 heterocycles. The Morgan fingerprint density at radius 1 is 1.32 bits per heavy atom. The third kappa shape index (κ3) is 3.93. The van der Waals surface area contributed by atoms with Crippen molar-refractivity contribution in [2.24, 2.45) is 5.92 Å².